The third-order valence-corrected chi connectivity index (χ3v) is 9.03. The molecule has 4 aromatic rings. The van der Waals surface area contributed by atoms with Gasteiger partial charge in [0.25, 0.3) is 5.56 Å². The zero-order valence-corrected chi connectivity index (χ0v) is 26.2. The van der Waals surface area contributed by atoms with Crippen molar-refractivity contribution < 1.29 is 32.2 Å². The van der Waals surface area contributed by atoms with Gasteiger partial charge in [-0.15, -0.1) is 0 Å². The Morgan fingerprint density at radius 3 is 2.10 bits per heavy atom. The van der Waals surface area contributed by atoms with E-state index in [2.05, 4.69) is 5.32 Å². The minimum Gasteiger partial charge on any atom is -0.490 e. The van der Waals surface area contributed by atoms with Gasteiger partial charge in [0.1, 0.15) is 35.2 Å². The van der Waals surface area contributed by atoms with E-state index < -0.39 is 46.3 Å². The molecule has 11 heteroatoms. The number of hydrogen-bond donors (Lipinski definition) is 2. The summed E-state index contributed by atoms with van der Waals surface area (Å²) in [4.78, 5) is 39.0. The van der Waals surface area contributed by atoms with Crippen molar-refractivity contribution >= 4 is 17.6 Å². The maximum absolute atomic E-state index is 15.5. The zero-order chi connectivity index (χ0) is 33.8. The van der Waals surface area contributed by atoms with E-state index in [0.29, 0.717) is 30.3 Å². The van der Waals surface area contributed by atoms with Crippen LogP contribution in [0.25, 0.3) is 5.69 Å². The number of nitrogens with one attached hydrogen (secondary N) is 1. The average Bonchev–Trinajstić information content (AvgIpc) is 3.59. The van der Waals surface area contributed by atoms with Gasteiger partial charge in [0, 0.05) is 29.8 Å². The van der Waals surface area contributed by atoms with Crippen molar-refractivity contribution in [1.82, 2.24) is 9.88 Å². The molecule has 3 N–H and O–H groups in total. The smallest absolute Gasteiger partial charge is 0.328 e. The second-order valence-electron chi connectivity index (χ2n) is 12.3. The quantitative estimate of drug-likeness (QED) is 0.146. The fourth-order valence-corrected chi connectivity index (χ4v) is 6.52. The number of ether oxygens (including phenoxy) is 2. The molecule has 0 spiro atoms. The monoisotopic (exact) mass is 659 g/mol. The summed E-state index contributed by atoms with van der Waals surface area (Å²) in [6.07, 6.45) is 5.95. The highest BCUT2D eigenvalue weighted by Gasteiger charge is 2.31. The lowest BCUT2D eigenvalue weighted by Crippen LogP contribution is -2.42. The first kappa shape index (κ1) is 33.0. The SMILES string of the molecule is Nc1c(C(=O)c2ccc(F)cc2)ccc(=O)n1-c1c(F)cc(OC2CCC(N[C@H](C(=O)OC3CCCC3)c3ccccc3)CC2)cc1F. The zero-order valence-electron chi connectivity index (χ0n) is 26.2. The van der Waals surface area contributed by atoms with Crippen LogP contribution in [0, 0.1) is 17.5 Å². The van der Waals surface area contributed by atoms with E-state index in [-0.39, 0.29) is 41.1 Å². The summed E-state index contributed by atoms with van der Waals surface area (Å²) in [5.74, 6) is -4.21. The lowest BCUT2D eigenvalue weighted by molar-refractivity contribution is -0.152. The van der Waals surface area contributed by atoms with Crippen LogP contribution in [0.15, 0.2) is 83.7 Å². The summed E-state index contributed by atoms with van der Waals surface area (Å²) in [5.41, 5.74) is 5.27. The lowest BCUT2D eigenvalue weighted by atomic mass is 9.91. The lowest BCUT2D eigenvalue weighted by Gasteiger charge is -2.32. The number of halogens is 3. The highest BCUT2D eigenvalue weighted by molar-refractivity contribution is 6.11. The van der Waals surface area contributed by atoms with Gasteiger partial charge >= 0.3 is 5.97 Å². The number of esters is 1. The summed E-state index contributed by atoms with van der Waals surface area (Å²) in [6, 6.07) is 17.6. The Labute approximate surface area is 275 Å². The van der Waals surface area contributed by atoms with Crippen LogP contribution < -0.4 is 21.3 Å². The normalized spacial score (nSPS) is 18.7. The Hall–Kier alpha value is -4.90. The van der Waals surface area contributed by atoms with Crippen molar-refractivity contribution in [3.8, 4) is 11.4 Å². The Bertz CT molecular complexity index is 1810. The number of carbonyl (C=O) groups excluding carboxylic acids is 2. The van der Waals surface area contributed by atoms with Crippen LogP contribution in [0.2, 0.25) is 0 Å². The molecule has 0 amide bonds. The number of nitrogens with zero attached hydrogens (tertiary/aromatic N) is 1. The summed E-state index contributed by atoms with van der Waals surface area (Å²) in [5, 5.41) is 3.48. The van der Waals surface area contributed by atoms with Crippen LogP contribution in [-0.4, -0.2) is 34.6 Å². The van der Waals surface area contributed by atoms with E-state index in [4.69, 9.17) is 15.2 Å². The molecular weight excluding hydrogens is 623 g/mol. The van der Waals surface area contributed by atoms with Crippen LogP contribution in [-0.2, 0) is 9.53 Å². The van der Waals surface area contributed by atoms with Gasteiger partial charge in [0.15, 0.2) is 17.4 Å². The van der Waals surface area contributed by atoms with Crippen LogP contribution in [0.3, 0.4) is 0 Å². The summed E-state index contributed by atoms with van der Waals surface area (Å²) >= 11 is 0. The maximum Gasteiger partial charge on any atom is 0.328 e. The minimum absolute atomic E-state index is 0.00165. The molecule has 1 aromatic heterocycles. The van der Waals surface area contributed by atoms with Crippen LogP contribution in [0.4, 0.5) is 19.0 Å². The summed E-state index contributed by atoms with van der Waals surface area (Å²) < 4.78 is 56.7. The number of anilines is 1. The van der Waals surface area contributed by atoms with Crippen LogP contribution in [0.5, 0.6) is 5.75 Å². The molecule has 0 bridgehead atoms. The predicted octanol–water partition coefficient (Wildman–Crippen LogP) is 6.57. The maximum atomic E-state index is 15.5. The van der Waals surface area contributed by atoms with Gasteiger partial charge < -0.3 is 15.2 Å². The number of ketones is 1. The van der Waals surface area contributed by atoms with Crippen molar-refractivity contribution in [2.45, 2.75) is 75.7 Å². The molecule has 2 saturated carbocycles. The summed E-state index contributed by atoms with van der Waals surface area (Å²) in [7, 11) is 0. The molecule has 0 aliphatic heterocycles. The molecular formula is C37H36F3N3O5. The number of pyridine rings is 1. The topological polar surface area (TPSA) is 113 Å². The number of nitrogen functional groups attached to an aromatic ring is 1. The molecule has 0 unspecified atom stereocenters. The number of nitrogens with two attached hydrogens (primary N) is 1. The van der Waals surface area contributed by atoms with E-state index in [0.717, 1.165) is 61.6 Å². The number of carbonyl (C=O) groups is 2. The summed E-state index contributed by atoms with van der Waals surface area (Å²) in [6.45, 7) is 0. The molecule has 0 saturated heterocycles. The Kier molecular flexibility index (Phi) is 9.95. The highest BCUT2D eigenvalue weighted by Crippen LogP contribution is 2.31. The van der Waals surface area contributed by atoms with Crippen molar-refractivity contribution in [3.63, 3.8) is 0 Å². The van der Waals surface area contributed by atoms with Crippen molar-refractivity contribution in [1.29, 1.82) is 0 Å². The first-order valence-electron chi connectivity index (χ1n) is 16.2. The second-order valence-corrected chi connectivity index (χ2v) is 12.3. The molecule has 48 heavy (non-hydrogen) atoms. The molecule has 250 valence electrons. The molecule has 3 aromatic carbocycles. The fraction of sp³-hybridized carbons (Fsp3) is 0.324. The third kappa shape index (κ3) is 7.31. The predicted molar refractivity (Wildman–Crippen MR) is 174 cm³/mol. The molecule has 8 nitrogen and oxygen atoms in total. The van der Waals surface area contributed by atoms with Gasteiger partial charge in [-0.3, -0.25) is 19.5 Å². The Balaban J connectivity index is 1.13. The largest absolute Gasteiger partial charge is 0.490 e. The highest BCUT2D eigenvalue weighted by atomic mass is 19.1. The van der Waals surface area contributed by atoms with Gasteiger partial charge in [-0.25, -0.2) is 18.0 Å². The number of rotatable bonds is 10. The third-order valence-electron chi connectivity index (χ3n) is 9.03. The minimum atomic E-state index is -1.10. The Morgan fingerprint density at radius 2 is 1.46 bits per heavy atom. The van der Waals surface area contributed by atoms with Gasteiger partial charge in [-0.2, -0.15) is 0 Å². The van der Waals surface area contributed by atoms with Crippen molar-refractivity contribution in [3.05, 3.63) is 123 Å². The van der Waals surface area contributed by atoms with E-state index >= 15 is 8.78 Å². The van der Waals surface area contributed by atoms with Crippen molar-refractivity contribution in [2.24, 2.45) is 0 Å². The van der Waals surface area contributed by atoms with E-state index in [1.807, 2.05) is 30.3 Å². The van der Waals surface area contributed by atoms with E-state index in [1.165, 1.54) is 18.2 Å². The van der Waals surface area contributed by atoms with Crippen molar-refractivity contribution in [2.75, 3.05) is 5.73 Å². The molecule has 0 radical (unpaired) electrons. The van der Waals surface area contributed by atoms with Gasteiger partial charge in [-0.1, -0.05) is 30.3 Å². The second kappa shape index (κ2) is 14.5. The van der Waals surface area contributed by atoms with Crippen LogP contribution >= 0.6 is 0 Å². The first-order chi connectivity index (χ1) is 23.2. The van der Waals surface area contributed by atoms with Gasteiger partial charge in [0.05, 0.1) is 11.7 Å². The molecule has 1 atom stereocenters. The van der Waals surface area contributed by atoms with Crippen LogP contribution in [0.1, 0.15) is 78.9 Å². The molecule has 2 fully saturated rings. The molecule has 1 heterocycles. The molecule has 2 aliphatic carbocycles. The molecule has 2 aliphatic rings. The average molecular weight is 660 g/mol. The fourth-order valence-electron chi connectivity index (χ4n) is 6.52. The van der Waals surface area contributed by atoms with Gasteiger partial charge in [-0.05, 0) is 87.3 Å². The Morgan fingerprint density at radius 1 is 0.812 bits per heavy atom. The number of hydrogen-bond acceptors (Lipinski definition) is 7. The van der Waals surface area contributed by atoms with Gasteiger partial charge in [0.2, 0.25) is 0 Å². The van der Waals surface area contributed by atoms with E-state index in [9.17, 15) is 18.8 Å². The molecule has 6 rings (SSSR count). The number of benzene rings is 3. The first-order valence-corrected chi connectivity index (χ1v) is 16.2. The standard InChI is InChI=1S/C37H36F3N3O5/c38-24-12-10-23(11-13-24)35(45)29-18-19-32(44)43(36(29)41)34-30(39)20-28(21-31(34)40)47-27-16-14-25(15-17-27)42-33(22-6-2-1-3-7-22)37(46)48-26-8-4-5-9-26/h1-3,6-7,10-13,18-21,25-27,33,42H,4-5,8-9,14-17,41H2/t25?,27?,33-/m0/s1. The van der Waals surface area contributed by atoms with E-state index in [1.54, 1.807) is 0 Å². The number of aromatic nitrogens is 1.